The van der Waals surface area contributed by atoms with Crippen molar-refractivity contribution in [3.63, 3.8) is 0 Å². The fourth-order valence-electron chi connectivity index (χ4n) is 0.860. The first kappa shape index (κ1) is 9.85. The van der Waals surface area contributed by atoms with Crippen LogP contribution in [0.25, 0.3) is 0 Å². The van der Waals surface area contributed by atoms with Crippen molar-refractivity contribution in [2.45, 2.75) is 6.92 Å². The monoisotopic (exact) mass is 204 g/mol. The number of rotatable bonds is 2. The molecule has 0 radical (unpaired) electrons. The lowest BCUT2D eigenvalue weighted by atomic mass is 10.4. The van der Waals surface area contributed by atoms with E-state index in [-0.39, 0.29) is 17.3 Å². The zero-order valence-electron chi connectivity index (χ0n) is 7.26. The normalized spacial score (nSPS) is 10.1. The highest BCUT2D eigenvalue weighted by Crippen LogP contribution is 2.08. The van der Waals surface area contributed by atoms with Crippen LogP contribution >= 0.6 is 11.6 Å². The Morgan fingerprint density at radius 2 is 2.31 bits per heavy atom. The fourth-order valence-corrected chi connectivity index (χ4v) is 1.11. The molecule has 0 aromatic carbocycles. The van der Waals surface area contributed by atoms with Crippen LogP contribution in [0.2, 0.25) is 5.02 Å². The van der Waals surface area contributed by atoms with Gasteiger partial charge in [0.05, 0.1) is 6.61 Å². The highest BCUT2D eigenvalue weighted by molar-refractivity contribution is 6.33. The van der Waals surface area contributed by atoms with Gasteiger partial charge in [-0.15, -0.1) is 0 Å². The second-order valence-electron chi connectivity index (χ2n) is 2.39. The van der Waals surface area contributed by atoms with Gasteiger partial charge >= 0.3 is 5.97 Å². The number of nitrogens with zero attached hydrogens (tertiary/aromatic N) is 1. The first-order valence-electron chi connectivity index (χ1n) is 3.69. The Morgan fingerprint density at radius 3 is 2.69 bits per heavy atom. The van der Waals surface area contributed by atoms with E-state index in [1.165, 1.54) is 7.05 Å². The number of esters is 1. The summed E-state index contributed by atoms with van der Waals surface area (Å²) >= 11 is 5.58. The molecule has 1 aromatic heterocycles. The first-order chi connectivity index (χ1) is 6.07. The van der Waals surface area contributed by atoms with Crippen LogP contribution in [0.1, 0.15) is 17.4 Å². The molecule has 0 bridgehead atoms. The molecule has 0 fully saturated rings. The third kappa shape index (κ3) is 1.75. The van der Waals surface area contributed by atoms with Gasteiger partial charge in [0, 0.05) is 7.05 Å². The van der Waals surface area contributed by atoms with Crippen LogP contribution in [-0.4, -0.2) is 22.4 Å². The molecule has 0 unspecified atom stereocenters. The van der Waals surface area contributed by atoms with E-state index in [2.05, 4.69) is 9.84 Å². The zero-order chi connectivity index (χ0) is 10.0. The number of hydrogen-bond donors (Lipinski definition) is 1. The topological polar surface area (TPSA) is 64.1 Å². The van der Waals surface area contributed by atoms with Crippen molar-refractivity contribution in [2.75, 3.05) is 6.61 Å². The number of carbonyl (C=O) groups excluding carboxylic acids is 1. The number of halogens is 1. The number of carbonyl (C=O) groups is 1. The van der Waals surface area contributed by atoms with Crippen molar-refractivity contribution in [3.8, 4) is 0 Å². The van der Waals surface area contributed by atoms with Gasteiger partial charge in [-0.1, -0.05) is 11.6 Å². The molecular formula is C7H9ClN2O3. The third-order valence-corrected chi connectivity index (χ3v) is 1.82. The van der Waals surface area contributed by atoms with Crippen LogP contribution in [0.4, 0.5) is 0 Å². The standard InChI is InChI=1S/C7H9ClN2O3/c1-3-13-7(12)5-4(8)6(11)10(2)9-5/h9H,3H2,1-2H3. The van der Waals surface area contributed by atoms with E-state index in [0.29, 0.717) is 0 Å². The molecule has 0 atom stereocenters. The third-order valence-electron chi connectivity index (χ3n) is 1.47. The highest BCUT2D eigenvalue weighted by Gasteiger charge is 2.17. The summed E-state index contributed by atoms with van der Waals surface area (Å²) < 4.78 is 5.79. The SMILES string of the molecule is CCOC(=O)c1[nH]n(C)c(=O)c1Cl. The molecule has 0 aliphatic heterocycles. The van der Waals surface area contributed by atoms with Gasteiger partial charge in [-0.25, -0.2) is 4.79 Å². The van der Waals surface area contributed by atoms with Crippen LogP contribution in [0.15, 0.2) is 4.79 Å². The summed E-state index contributed by atoms with van der Waals surface area (Å²) in [6.07, 6.45) is 0. The summed E-state index contributed by atoms with van der Waals surface area (Å²) in [5, 5.41) is 2.36. The summed E-state index contributed by atoms with van der Waals surface area (Å²) in [5.41, 5.74) is -0.444. The number of nitrogens with one attached hydrogen (secondary N) is 1. The van der Waals surface area contributed by atoms with Gasteiger partial charge in [0.15, 0.2) is 5.69 Å². The molecular weight excluding hydrogens is 196 g/mol. The highest BCUT2D eigenvalue weighted by atomic mass is 35.5. The molecule has 13 heavy (non-hydrogen) atoms. The molecule has 72 valence electrons. The Labute approximate surface area is 79.2 Å². The molecule has 0 saturated carbocycles. The molecule has 0 saturated heterocycles. The minimum atomic E-state index is -0.620. The van der Waals surface area contributed by atoms with E-state index < -0.39 is 11.5 Å². The van der Waals surface area contributed by atoms with Gasteiger partial charge in [0.2, 0.25) is 0 Å². The lowest BCUT2D eigenvalue weighted by Gasteiger charge is -1.97. The average Bonchev–Trinajstić information content (AvgIpc) is 2.33. The Kier molecular flexibility index (Phi) is 2.77. The molecule has 1 rings (SSSR count). The maximum Gasteiger partial charge on any atom is 0.357 e. The van der Waals surface area contributed by atoms with Crippen molar-refractivity contribution in [1.29, 1.82) is 0 Å². The van der Waals surface area contributed by atoms with Crippen LogP contribution in [0, 0.1) is 0 Å². The molecule has 5 nitrogen and oxygen atoms in total. The number of hydrogen-bond acceptors (Lipinski definition) is 3. The van der Waals surface area contributed by atoms with E-state index in [4.69, 9.17) is 11.6 Å². The van der Waals surface area contributed by atoms with Gasteiger partial charge in [0.25, 0.3) is 5.56 Å². The van der Waals surface area contributed by atoms with Crippen LogP contribution in [0.5, 0.6) is 0 Å². The summed E-state index contributed by atoms with van der Waals surface area (Å²) in [4.78, 5) is 22.2. The number of ether oxygens (including phenoxy) is 1. The van der Waals surface area contributed by atoms with Crippen molar-refractivity contribution < 1.29 is 9.53 Å². The minimum absolute atomic E-state index is 0.00369. The molecule has 0 aliphatic rings. The summed E-state index contributed by atoms with van der Waals surface area (Å²) in [6, 6.07) is 0. The predicted molar refractivity (Wildman–Crippen MR) is 47.0 cm³/mol. The van der Waals surface area contributed by atoms with Crippen LogP contribution in [-0.2, 0) is 11.8 Å². The van der Waals surface area contributed by atoms with E-state index >= 15 is 0 Å². The lowest BCUT2D eigenvalue weighted by molar-refractivity contribution is 0.0519. The molecule has 0 amide bonds. The quantitative estimate of drug-likeness (QED) is 0.716. The van der Waals surface area contributed by atoms with E-state index in [0.717, 1.165) is 4.68 Å². The summed E-state index contributed by atoms with van der Waals surface area (Å²) in [6.45, 7) is 1.92. The van der Waals surface area contributed by atoms with Crippen molar-refractivity contribution >= 4 is 17.6 Å². The Balaban J connectivity index is 3.09. The Bertz CT molecular complexity index is 380. The molecule has 6 heteroatoms. The number of H-pyrrole nitrogens is 1. The molecule has 0 spiro atoms. The minimum Gasteiger partial charge on any atom is -0.461 e. The van der Waals surface area contributed by atoms with E-state index in [1.54, 1.807) is 6.92 Å². The van der Waals surface area contributed by atoms with Gasteiger partial charge < -0.3 is 4.74 Å². The average molecular weight is 205 g/mol. The van der Waals surface area contributed by atoms with Crippen LogP contribution in [0.3, 0.4) is 0 Å². The molecule has 1 aromatic rings. The van der Waals surface area contributed by atoms with Gasteiger partial charge in [-0.2, -0.15) is 0 Å². The van der Waals surface area contributed by atoms with E-state index in [1.807, 2.05) is 0 Å². The second-order valence-corrected chi connectivity index (χ2v) is 2.76. The summed E-state index contributed by atoms with van der Waals surface area (Å²) in [7, 11) is 1.47. The first-order valence-corrected chi connectivity index (χ1v) is 4.07. The Morgan fingerprint density at radius 1 is 1.69 bits per heavy atom. The largest absolute Gasteiger partial charge is 0.461 e. The number of aromatic amines is 1. The predicted octanol–water partition coefficient (Wildman–Crippen LogP) is 0.544. The van der Waals surface area contributed by atoms with Crippen LogP contribution < -0.4 is 5.56 Å². The van der Waals surface area contributed by atoms with Gasteiger partial charge in [-0.05, 0) is 6.92 Å². The lowest BCUT2D eigenvalue weighted by Crippen LogP contribution is -2.11. The van der Waals surface area contributed by atoms with Crippen molar-refractivity contribution in [3.05, 3.63) is 21.1 Å². The zero-order valence-corrected chi connectivity index (χ0v) is 8.01. The maximum atomic E-state index is 11.1. The smallest absolute Gasteiger partial charge is 0.357 e. The molecule has 1 N–H and O–H groups in total. The van der Waals surface area contributed by atoms with Gasteiger partial charge in [0.1, 0.15) is 5.02 Å². The summed E-state index contributed by atoms with van der Waals surface area (Å²) in [5.74, 6) is -0.620. The number of aromatic nitrogens is 2. The van der Waals surface area contributed by atoms with E-state index in [9.17, 15) is 9.59 Å². The maximum absolute atomic E-state index is 11.1. The van der Waals surface area contributed by atoms with Gasteiger partial charge in [-0.3, -0.25) is 14.6 Å². The van der Waals surface area contributed by atoms with Crippen molar-refractivity contribution in [1.82, 2.24) is 9.78 Å². The Hall–Kier alpha value is -1.23. The van der Waals surface area contributed by atoms with Crippen molar-refractivity contribution in [2.24, 2.45) is 7.05 Å². The molecule has 1 heterocycles. The molecule has 0 aliphatic carbocycles. The number of aryl methyl sites for hydroxylation is 1. The second kappa shape index (κ2) is 3.66. The fraction of sp³-hybridized carbons (Fsp3) is 0.429.